The van der Waals surface area contributed by atoms with Crippen LogP contribution in [0.15, 0.2) is 0 Å². The van der Waals surface area contributed by atoms with Crippen molar-refractivity contribution in [3.05, 3.63) is 0 Å². The molecule has 19 heavy (non-hydrogen) atoms. The van der Waals surface area contributed by atoms with E-state index < -0.39 is 0 Å². The molecule has 8 unspecified atom stereocenters. The predicted molar refractivity (Wildman–Crippen MR) is 82.3 cm³/mol. The van der Waals surface area contributed by atoms with Gasteiger partial charge in [0.2, 0.25) is 0 Å². The number of hydrogen-bond donors (Lipinski definition) is 1. The third-order valence-corrected chi connectivity index (χ3v) is 8.80. The fourth-order valence-electron chi connectivity index (χ4n) is 8.40. The van der Waals surface area contributed by atoms with Crippen molar-refractivity contribution in [1.82, 2.24) is 0 Å². The largest absolute Gasteiger partial charge is 0.179 e. The van der Waals surface area contributed by atoms with Crippen LogP contribution in [0.5, 0.6) is 0 Å². The number of fused-ring (bicyclic) bond motifs is 12. The van der Waals surface area contributed by atoms with E-state index in [9.17, 15) is 0 Å². The van der Waals surface area contributed by atoms with Crippen LogP contribution in [-0.2, 0) is 0 Å². The zero-order valence-electron chi connectivity index (χ0n) is 12.1. The van der Waals surface area contributed by atoms with Gasteiger partial charge < -0.3 is 0 Å². The maximum atomic E-state index is 4.51. The average molecular weight is 276 g/mol. The summed E-state index contributed by atoms with van der Waals surface area (Å²) in [5.41, 5.74) is 0.818. The SMILES string of the molecule is SCCCC12CCCC1C1CC2C2C3CCC(C3)C12. The zero-order chi connectivity index (χ0) is 12.6. The van der Waals surface area contributed by atoms with Crippen LogP contribution in [0.1, 0.15) is 57.8 Å². The molecule has 1 heteroatoms. The molecule has 8 atom stereocenters. The van der Waals surface area contributed by atoms with Gasteiger partial charge in [-0.1, -0.05) is 6.42 Å². The van der Waals surface area contributed by atoms with Crippen LogP contribution in [-0.4, -0.2) is 5.75 Å². The van der Waals surface area contributed by atoms with Gasteiger partial charge in [0.15, 0.2) is 0 Å². The average Bonchev–Trinajstić information content (AvgIpc) is 3.16. The van der Waals surface area contributed by atoms with Crippen LogP contribution in [0.2, 0.25) is 0 Å². The van der Waals surface area contributed by atoms with Gasteiger partial charge in [0, 0.05) is 0 Å². The van der Waals surface area contributed by atoms with E-state index in [4.69, 9.17) is 0 Å². The molecule has 5 aliphatic rings. The minimum Gasteiger partial charge on any atom is -0.179 e. The molecule has 0 aliphatic heterocycles. The van der Waals surface area contributed by atoms with E-state index in [1.54, 1.807) is 44.9 Å². The van der Waals surface area contributed by atoms with E-state index in [0.29, 0.717) is 0 Å². The van der Waals surface area contributed by atoms with E-state index in [1.807, 2.05) is 0 Å². The highest BCUT2D eigenvalue weighted by atomic mass is 32.1. The van der Waals surface area contributed by atoms with Gasteiger partial charge in [-0.25, -0.2) is 0 Å². The smallest absolute Gasteiger partial charge is 0.00977 e. The van der Waals surface area contributed by atoms with Gasteiger partial charge in [0.05, 0.1) is 0 Å². The number of rotatable bonds is 3. The van der Waals surface area contributed by atoms with Crippen molar-refractivity contribution in [1.29, 1.82) is 0 Å². The maximum Gasteiger partial charge on any atom is -0.00977 e. The van der Waals surface area contributed by atoms with Crippen LogP contribution in [0.3, 0.4) is 0 Å². The summed E-state index contributed by atoms with van der Waals surface area (Å²) in [7, 11) is 0. The first-order valence-corrected chi connectivity index (χ1v) is 9.59. The minimum atomic E-state index is 0.818. The van der Waals surface area contributed by atoms with Gasteiger partial charge in [-0.3, -0.25) is 0 Å². The lowest BCUT2D eigenvalue weighted by Crippen LogP contribution is -2.43. The summed E-state index contributed by atoms with van der Waals surface area (Å²) >= 11 is 4.51. The van der Waals surface area contributed by atoms with Crippen molar-refractivity contribution in [2.75, 3.05) is 5.75 Å². The Morgan fingerprint density at radius 3 is 2.63 bits per heavy atom. The first kappa shape index (κ1) is 12.0. The molecule has 0 radical (unpaired) electrons. The first-order chi connectivity index (χ1) is 9.35. The quantitative estimate of drug-likeness (QED) is 0.556. The number of thiol groups is 1. The summed E-state index contributed by atoms with van der Waals surface area (Å²) in [4.78, 5) is 0. The molecule has 5 aliphatic carbocycles. The molecular formula is C18H28S. The highest BCUT2D eigenvalue weighted by Crippen LogP contribution is 2.77. The number of hydrogen-bond acceptors (Lipinski definition) is 1. The second-order valence-corrected chi connectivity index (χ2v) is 9.00. The fraction of sp³-hybridized carbons (Fsp3) is 1.00. The van der Waals surface area contributed by atoms with Gasteiger partial charge in [-0.15, -0.1) is 0 Å². The summed E-state index contributed by atoms with van der Waals surface area (Å²) in [6, 6.07) is 0. The molecular weight excluding hydrogens is 248 g/mol. The van der Waals surface area contributed by atoms with E-state index in [2.05, 4.69) is 12.6 Å². The van der Waals surface area contributed by atoms with E-state index in [1.165, 1.54) is 42.4 Å². The summed E-state index contributed by atoms with van der Waals surface area (Å²) in [6.45, 7) is 0. The van der Waals surface area contributed by atoms with Crippen LogP contribution in [0, 0.1) is 46.8 Å². The highest BCUT2D eigenvalue weighted by Gasteiger charge is 2.70. The van der Waals surface area contributed by atoms with Crippen LogP contribution < -0.4 is 0 Å². The van der Waals surface area contributed by atoms with Gasteiger partial charge in [0.25, 0.3) is 0 Å². The molecule has 4 bridgehead atoms. The molecule has 0 N–H and O–H groups in total. The van der Waals surface area contributed by atoms with E-state index in [-0.39, 0.29) is 0 Å². The summed E-state index contributed by atoms with van der Waals surface area (Å²) in [6.07, 6.45) is 14.1. The third-order valence-electron chi connectivity index (χ3n) is 8.48. The fourth-order valence-corrected chi connectivity index (χ4v) is 8.56. The molecule has 5 saturated carbocycles. The molecule has 0 aromatic heterocycles. The Labute approximate surface area is 123 Å². The minimum absolute atomic E-state index is 0.818. The van der Waals surface area contributed by atoms with E-state index in [0.717, 1.165) is 23.0 Å². The Bertz CT molecular complexity index is 391. The van der Waals surface area contributed by atoms with Crippen molar-refractivity contribution in [2.24, 2.45) is 46.8 Å². The van der Waals surface area contributed by atoms with Gasteiger partial charge >= 0.3 is 0 Å². The summed E-state index contributed by atoms with van der Waals surface area (Å²) in [5, 5.41) is 0. The lowest BCUT2D eigenvalue weighted by molar-refractivity contribution is -0.00726. The standard InChI is InChI=1S/C18H28S/c19-8-2-7-18-6-1-3-14(18)13-10-15(18)17-12-5-4-11(9-12)16(13)17/h11-17,19H,1-10H2. The lowest BCUT2D eigenvalue weighted by Gasteiger charge is -2.49. The normalized spacial score (nSPS) is 60.8. The Morgan fingerprint density at radius 1 is 0.947 bits per heavy atom. The van der Waals surface area contributed by atoms with Crippen LogP contribution in [0.25, 0.3) is 0 Å². The zero-order valence-corrected chi connectivity index (χ0v) is 13.0. The molecule has 0 saturated heterocycles. The topological polar surface area (TPSA) is 0 Å². The van der Waals surface area contributed by atoms with Crippen LogP contribution in [0.4, 0.5) is 0 Å². The molecule has 0 spiro atoms. The second kappa shape index (κ2) is 3.96. The highest BCUT2D eigenvalue weighted by molar-refractivity contribution is 7.80. The van der Waals surface area contributed by atoms with E-state index >= 15 is 0 Å². The van der Waals surface area contributed by atoms with Crippen molar-refractivity contribution in [2.45, 2.75) is 57.8 Å². The van der Waals surface area contributed by atoms with Crippen LogP contribution >= 0.6 is 12.6 Å². The monoisotopic (exact) mass is 276 g/mol. The molecule has 0 aromatic rings. The lowest BCUT2D eigenvalue weighted by atomic mass is 9.56. The van der Waals surface area contributed by atoms with Crippen molar-refractivity contribution < 1.29 is 0 Å². The van der Waals surface area contributed by atoms with Crippen molar-refractivity contribution in [3.8, 4) is 0 Å². The Hall–Kier alpha value is 0.350. The molecule has 0 heterocycles. The summed E-state index contributed by atoms with van der Waals surface area (Å²) in [5.74, 6) is 9.34. The van der Waals surface area contributed by atoms with Crippen molar-refractivity contribution in [3.63, 3.8) is 0 Å². The molecule has 106 valence electrons. The second-order valence-electron chi connectivity index (χ2n) is 8.55. The van der Waals surface area contributed by atoms with Gasteiger partial charge in [-0.2, -0.15) is 12.6 Å². The van der Waals surface area contributed by atoms with Crippen molar-refractivity contribution >= 4 is 12.6 Å². The maximum absolute atomic E-state index is 4.51. The Morgan fingerprint density at radius 2 is 1.79 bits per heavy atom. The molecule has 0 amide bonds. The Kier molecular flexibility index (Phi) is 2.49. The van der Waals surface area contributed by atoms with Gasteiger partial charge in [-0.05, 0) is 104 Å². The third kappa shape index (κ3) is 1.30. The molecule has 0 nitrogen and oxygen atoms in total. The van der Waals surface area contributed by atoms with Gasteiger partial charge in [0.1, 0.15) is 0 Å². The first-order valence-electron chi connectivity index (χ1n) is 8.96. The molecule has 0 aromatic carbocycles. The Balaban J connectivity index is 1.51. The predicted octanol–water partition coefficient (Wildman–Crippen LogP) is 4.79. The summed E-state index contributed by atoms with van der Waals surface area (Å²) < 4.78 is 0. The molecule has 5 fully saturated rings. The molecule has 5 rings (SSSR count).